The maximum absolute atomic E-state index is 5.99. The van der Waals surface area contributed by atoms with Gasteiger partial charge in [0.1, 0.15) is 0 Å². The maximum atomic E-state index is 5.99. The number of aromatic nitrogens is 2. The molecule has 7 nitrogen and oxygen atoms in total. The van der Waals surface area contributed by atoms with Crippen LogP contribution in [0, 0.1) is 13.8 Å². The molecule has 2 saturated heterocycles. The fourth-order valence-electron chi connectivity index (χ4n) is 3.69. The first-order valence-corrected chi connectivity index (χ1v) is 8.87. The standard InChI is InChI=1S/C17H30N6O.HI/c1-12-16(13(2)22(4)21-12)9-20-17(18-3)19-8-15-10-23-7-5-6-14(23)11-24-15;/h14-15H,5-11H2,1-4H3,(H2,18,19,20);1H. The lowest BCUT2D eigenvalue weighted by atomic mass is 10.2. The molecule has 2 unspecified atom stereocenters. The van der Waals surface area contributed by atoms with E-state index in [-0.39, 0.29) is 30.1 Å². The molecule has 2 atom stereocenters. The van der Waals surface area contributed by atoms with Gasteiger partial charge in [-0.05, 0) is 33.2 Å². The molecule has 142 valence electrons. The zero-order valence-electron chi connectivity index (χ0n) is 15.7. The van der Waals surface area contributed by atoms with Crippen LogP contribution in [0.15, 0.2) is 4.99 Å². The topological polar surface area (TPSA) is 66.7 Å². The van der Waals surface area contributed by atoms with Crippen molar-refractivity contribution < 1.29 is 4.74 Å². The van der Waals surface area contributed by atoms with E-state index >= 15 is 0 Å². The summed E-state index contributed by atoms with van der Waals surface area (Å²) in [5.41, 5.74) is 3.48. The van der Waals surface area contributed by atoms with E-state index in [2.05, 4.69) is 32.5 Å². The number of aliphatic imine (C=N–C) groups is 1. The third-order valence-corrected chi connectivity index (χ3v) is 5.27. The molecule has 0 aliphatic carbocycles. The highest BCUT2D eigenvalue weighted by Gasteiger charge is 2.32. The first kappa shape index (κ1) is 20.4. The van der Waals surface area contributed by atoms with E-state index in [1.54, 1.807) is 7.05 Å². The van der Waals surface area contributed by atoms with Crippen molar-refractivity contribution in [3.63, 3.8) is 0 Å². The monoisotopic (exact) mass is 462 g/mol. The second-order valence-corrected chi connectivity index (χ2v) is 6.83. The molecular weight excluding hydrogens is 431 g/mol. The quantitative estimate of drug-likeness (QED) is 0.400. The van der Waals surface area contributed by atoms with Crippen molar-refractivity contribution in [3.8, 4) is 0 Å². The summed E-state index contributed by atoms with van der Waals surface area (Å²) >= 11 is 0. The Hall–Kier alpha value is -0.870. The molecule has 3 rings (SSSR count). The van der Waals surface area contributed by atoms with Gasteiger partial charge in [-0.2, -0.15) is 5.10 Å². The van der Waals surface area contributed by atoms with Crippen LogP contribution in [0.3, 0.4) is 0 Å². The Bertz CT molecular complexity index is 602. The van der Waals surface area contributed by atoms with Crippen LogP contribution in [-0.4, -0.2) is 66.1 Å². The Balaban J connectivity index is 0.00000225. The number of guanidine groups is 1. The minimum atomic E-state index is 0. The van der Waals surface area contributed by atoms with Gasteiger partial charge < -0.3 is 15.4 Å². The molecule has 25 heavy (non-hydrogen) atoms. The van der Waals surface area contributed by atoms with Gasteiger partial charge in [-0.15, -0.1) is 24.0 Å². The highest BCUT2D eigenvalue weighted by Crippen LogP contribution is 2.22. The molecule has 1 aromatic heterocycles. The molecule has 3 heterocycles. The fraction of sp³-hybridized carbons (Fsp3) is 0.765. The van der Waals surface area contributed by atoms with Gasteiger partial charge >= 0.3 is 0 Å². The minimum Gasteiger partial charge on any atom is -0.373 e. The van der Waals surface area contributed by atoms with Gasteiger partial charge in [0.25, 0.3) is 0 Å². The largest absolute Gasteiger partial charge is 0.373 e. The Kier molecular flexibility index (Phi) is 7.51. The van der Waals surface area contributed by atoms with Gasteiger partial charge in [0.05, 0.1) is 18.4 Å². The van der Waals surface area contributed by atoms with E-state index < -0.39 is 0 Å². The van der Waals surface area contributed by atoms with Crippen LogP contribution in [0.4, 0.5) is 0 Å². The van der Waals surface area contributed by atoms with Crippen LogP contribution in [0.25, 0.3) is 0 Å². The summed E-state index contributed by atoms with van der Waals surface area (Å²) in [6.45, 7) is 8.76. The van der Waals surface area contributed by atoms with Crippen molar-refractivity contribution in [2.24, 2.45) is 12.0 Å². The predicted octanol–water partition coefficient (Wildman–Crippen LogP) is 1.18. The summed E-state index contributed by atoms with van der Waals surface area (Å²) in [6, 6.07) is 0.648. The molecule has 2 fully saturated rings. The van der Waals surface area contributed by atoms with E-state index in [1.807, 2.05) is 18.7 Å². The summed E-state index contributed by atoms with van der Waals surface area (Å²) in [5.74, 6) is 0.810. The average Bonchev–Trinajstić information content (AvgIpc) is 3.13. The zero-order valence-corrected chi connectivity index (χ0v) is 18.0. The predicted molar refractivity (Wildman–Crippen MR) is 111 cm³/mol. The molecule has 0 aromatic carbocycles. The van der Waals surface area contributed by atoms with E-state index in [0.29, 0.717) is 6.04 Å². The summed E-state index contributed by atoms with van der Waals surface area (Å²) in [4.78, 5) is 6.88. The minimum absolute atomic E-state index is 0. The Labute approximate surface area is 167 Å². The van der Waals surface area contributed by atoms with Crippen molar-refractivity contribution in [2.45, 2.75) is 45.4 Å². The molecule has 2 N–H and O–H groups in total. The lowest BCUT2D eigenvalue weighted by molar-refractivity contribution is -0.0453. The van der Waals surface area contributed by atoms with E-state index in [9.17, 15) is 0 Å². The van der Waals surface area contributed by atoms with Crippen LogP contribution < -0.4 is 10.6 Å². The highest BCUT2D eigenvalue weighted by atomic mass is 127. The van der Waals surface area contributed by atoms with E-state index in [4.69, 9.17) is 4.74 Å². The van der Waals surface area contributed by atoms with Crippen molar-refractivity contribution >= 4 is 29.9 Å². The van der Waals surface area contributed by atoms with Crippen molar-refractivity contribution in [1.82, 2.24) is 25.3 Å². The second kappa shape index (κ2) is 9.18. The van der Waals surface area contributed by atoms with Crippen molar-refractivity contribution in [2.75, 3.05) is 33.3 Å². The third-order valence-electron chi connectivity index (χ3n) is 5.27. The van der Waals surface area contributed by atoms with Gasteiger partial charge in [-0.3, -0.25) is 14.6 Å². The Morgan fingerprint density at radius 2 is 2.16 bits per heavy atom. The van der Waals surface area contributed by atoms with Crippen LogP contribution in [0.1, 0.15) is 29.8 Å². The molecule has 8 heteroatoms. The number of fused-ring (bicyclic) bond motifs is 1. The number of ether oxygens (including phenoxy) is 1. The molecule has 2 aliphatic heterocycles. The van der Waals surface area contributed by atoms with Crippen molar-refractivity contribution in [1.29, 1.82) is 0 Å². The Morgan fingerprint density at radius 3 is 2.84 bits per heavy atom. The van der Waals surface area contributed by atoms with Crippen LogP contribution >= 0.6 is 24.0 Å². The number of aryl methyl sites for hydroxylation is 2. The number of hydrogen-bond donors (Lipinski definition) is 2. The van der Waals surface area contributed by atoms with Gasteiger partial charge in [0, 0.05) is 51.0 Å². The first-order chi connectivity index (χ1) is 11.6. The average molecular weight is 462 g/mol. The Morgan fingerprint density at radius 1 is 1.36 bits per heavy atom. The van der Waals surface area contributed by atoms with Crippen LogP contribution in [0.5, 0.6) is 0 Å². The number of nitrogens with one attached hydrogen (secondary N) is 2. The highest BCUT2D eigenvalue weighted by molar-refractivity contribution is 14.0. The summed E-state index contributed by atoms with van der Waals surface area (Å²) < 4.78 is 7.91. The van der Waals surface area contributed by atoms with Gasteiger partial charge in [0.2, 0.25) is 0 Å². The molecule has 0 bridgehead atoms. The summed E-state index contributed by atoms with van der Waals surface area (Å²) in [6.07, 6.45) is 2.83. The molecule has 1 aromatic rings. The normalized spacial score (nSPS) is 23.9. The lowest BCUT2D eigenvalue weighted by Gasteiger charge is -2.35. The van der Waals surface area contributed by atoms with Crippen molar-refractivity contribution in [3.05, 3.63) is 17.0 Å². The third kappa shape index (κ3) is 4.85. The summed E-state index contributed by atoms with van der Waals surface area (Å²) in [5, 5.41) is 11.2. The smallest absolute Gasteiger partial charge is 0.191 e. The zero-order chi connectivity index (χ0) is 17.1. The lowest BCUT2D eigenvalue weighted by Crippen LogP contribution is -2.51. The molecule has 2 aliphatic rings. The number of morpholine rings is 1. The first-order valence-electron chi connectivity index (χ1n) is 8.87. The van der Waals surface area contributed by atoms with Crippen LogP contribution in [-0.2, 0) is 18.3 Å². The van der Waals surface area contributed by atoms with Gasteiger partial charge in [-0.1, -0.05) is 0 Å². The van der Waals surface area contributed by atoms with E-state index in [0.717, 1.165) is 37.9 Å². The molecule has 0 spiro atoms. The molecule has 0 saturated carbocycles. The summed E-state index contributed by atoms with van der Waals surface area (Å²) in [7, 11) is 3.78. The molecule has 0 radical (unpaired) electrons. The molecule has 0 amide bonds. The number of hydrogen-bond acceptors (Lipinski definition) is 4. The maximum Gasteiger partial charge on any atom is 0.191 e. The number of nitrogens with zero attached hydrogens (tertiary/aromatic N) is 4. The van der Waals surface area contributed by atoms with E-state index in [1.165, 1.54) is 30.6 Å². The van der Waals surface area contributed by atoms with Crippen LogP contribution in [0.2, 0.25) is 0 Å². The SMILES string of the molecule is CN=C(NCc1c(C)nn(C)c1C)NCC1CN2CCCC2CO1.I. The number of rotatable bonds is 4. The van der Waals surface area contributed by atoms with Gasteiger partial charge in [-0.25, -0.2) is 0 Å². The number of halogens is 1. The van der Waals surface area contributed by atoms with Gasteiger partial charge in [0.15, 0.2) is 5.96 Å². The fourth-order valence-corrected chi connectivity index (χ4v) is 3.69. The second-order valence-electron chi connectivity index (χ2n) is 6.83. The molecular formula is C17H31IN6O.